The SMILES string of the molecule is Cc1cc(Br)c(NS(=O)(=O)c2ccc(CO)o2)cc1Cl. The van der Waals surface area contributed by atoms with Crippen LogP contribution < -0.4 is 4.72 Å². The lowest BCUT2D eigenvalue weighted by Crippen LogP contribution is -2.12. The highest BCUT2D eigenvalue weighted by Gasteiger charge is 2.20. The van der Waals surface area contributed by atoms with Crippen LogP contribution in [-0.4, -0.2) is 13.5 Å². The maximum Gasteiger partial charge on any atom is 0.295 e. The van der Waals surface area contributed by atoms with E-state index < -0.39 is 10.0 Å². The van der Waals surface area contributed by atoms with Crippen molar-refractivity contribution in [3.05, 3.63) is 45.1 Å². The molecule has 0 radical (unpaired) electrons. The van der Waals surface area contributed by atoms with Gasteiger partial charge >= 0.3 is 0 Å². The molecule has 0 saturated carbocycles. The van der Waals surface area contributed by atoms with Crippen LogP contribution in [0.4, 0.5) is 5.69 Å². The lowest BCUT2D eigenvalue weighted by molar-refractivity contribution is 0.236. The lowest BCUT2D eigenvalue weighted by atomic mass is 10.2. The fourth-order valence-corrected chi connectivity index (χ4v) is 3.38. The Bertz CT molecular complexity index is 742. The predicted octanol–water partition coefficient (Wildman–Crippen LogP) is 3.30. The molecule has 1 aromatic heterocycles. The normalized spacial score (nSPS) is 11.6. The summed E-state index contributed by atoms with van der Waals surface area (Å²) in [5.41, 5.74) is 1.13. The summed E-state index contributed by atoms with van der Waals surface area (Å²) in [4.78, 5) is 0. The van der Waals surface area contributed by atoms with E-state index in [0.29, 0.717) is 15.2 Å². The number of benzene rings is 1. The van der Waals surface area contributed by atoms with E-state index in [1.54, 1.807) is 6.07 Å². The van der Waals surface area contributed by atoms with Gasteiger partial charge in [0.25, 0.3) is 10.0 Å². The number of hydrogen-bond donors (Lipinski definition) is 2. The minimum Gasteiger partial charge on any atom is -0.445 e. The van der Waals surface area contributed by atoms with Gasteiger partial charge in [-0.3, -0.25) is 4.72 Å². The van der Waals surface area contributed by atoms with Gasteiger partial charge in [0.1, 0.15) is 12.4 Å². The van der Waals surface area contributed by atoms with Crippen LogP contribution in [-0.2, 0) is 16.6 Å². The molecule has 2 N–H and O–H groups in total. The second kappa shape index (κ2) is 5.77. The molecule has 0 aliphatic carbocycles. The molecule has 1 heterocycles. The third kappa shape index (κ3) is 3.17. The number of aliphatic hydroxyl groups is 1. The number of sulfonamides is 1. The third-order valence-corrected chi connectivity index (χ3v) is 4.85. The molecule has 8 heteroatoms. The standard InChI is InChI=1S/C12H11BrClNO4S/c1-7-4-9(13)11(5-10(7)14)15-20(17,18)12-3-2-8(6-16)19-12/h2-5,15-16H,6H2,1H3. The molecule has 20 heavy (non-hydrogen) atoms. The molecule has 0 unspecified atom stereocenters. The Morgan fingerprint density at radius 3 is 2.70 bits per heavy atom. The maximum absolute atomic E-state index is 12.1. The summed E-state index contributed by atoms with van der Waals surface area (Å²) in [5, 5.41) is 9.06. The van der Waals surface area contributed by atoms with Gasteiger partial charge in [0, 0.05) is 9.50 Å². The molecule has 2 rings (SSSR count). The van der Waals surface area contributed by atoms with Crippen LogP contribution in [0, 0.1) is 6.92 Å². The third-order valence-electron chi connectivity index (χ3n) is 2.55. The number of furan rings is 1. The molecule has 0 spiro atoms. The van der Waals surface area contributed by atoms with Crippen LogP contribution in [0.5, 0.6) is 0 Å². The maximum atomic E-state index is 12.1. The minimum atomic E-state index is -3.87. The number of aryl methyl sites for hydroxylation is 1. The van der Waals surface area contributed by atoms with Gasteiger partial charge in [-0.1, -0.05) is 11.6 Å². The lowest BCUT2D eigenvalue weighted by Gasteiger charge is -2.09. The van der Waals surface area contributed by atoms with E-state index in [4.69, 9.17) is 21.1 Å². The van der Waals surface area contributed by atoms with Gasteiger partial charge in [0.05, 0.1) is 5.69 Å². The molecule has 108 valence electrons. The number of hydrogen-bond acceptors (Lipinski definition) is 4. The van der Waals surface area contributed by atoms with Crippen molar-refractivity contribution >= 4 is 43.2 Å². The van der Waals surface area contributed by atoms with Crippen molar-refractivity contribution < 1.29 is 17.9 Å². The zero-order valence-corrected chi connectivity index (χ0v) is 13.5. The van der Waals surface area contributed by atoms with Gasteiger partial charge in [0.2, 0.25) is 5.09 Å². The van der Waals surface area contributed by atoms with Gasteiger partial charge in [-0.15, -0.1) is 0 Å². The second-order valence-electron chi connectivity index (χ2n) is 4.07. The van der Waals surface area contributed by atoms with Crippen LogP contribution in [0.2, 0.25) is 5.02 Å². The monoisotopic (exact) mass is 379 g/mol. The van der Waals surface area contributed by atoms with E-state index in [1.807, 2.05) is 6.92 Å². The number of nitrogens with one attached hydrogen (secondary N) is 1. The summed E-state index contributed by atoms with van der Waals surface area (Å²) in [5.74, 6) is 0.173. The Kier molecular flexibility index (Phi) is 4.43. The molecular formula is C12H11BrClNO4S. The van der Waals surface area contributed by atoms with Crippen molar-refractivity contribution in [2.75, 3.05) is 4.72 Å². The predicted molar refractivity (Wildman–Crippen MR) is 79.3 cm³/mol. The van der Waals surface area contributed by atoms with Gasteiger partial charge < -0.3 is 9.52 Å². The van der Waals surface area contributed by atoms with Gasteiger partial charge in [-0.2, -0.15) is 8.42 Å². The Morgan fingerprint density at radius 1 is 1.40 bits per heavy atom. The van der Waals surface area contributed by atoms with Crippen LogP contribution >= 0.6 is 27.5 Å². The highest BCUT2D eigenvalue weighted by atomic mass is 79.9. The highest BCUT2D eigenvalue weighted by molar-refractivity contribution is 9.10. The Balaban J connectivity index is 2.35. The van der Waals surface area contributed by atoms with Crippen molar-refractivity contribution in [1.82, 2.24) is 0 Å². The fraction of sp³-hybridized carbons (Fsp3) is 0.167. The molecule has 0 aliphatic heterocycles. The summed E-state index contributed by atoms with van der Waals surface area (Å²) in [6.07, 6.45) is 0. The highest BCUT2D eigenvalue weighted by Crippen LogP contribution is 2.31. The Hall–Kier alpha value is -1.02. The first kappa shape index (κ1) is 15.4. The average Bonchev–Trinajstić information content (AvgIpc) is 2.85. The van der Waals surface area contributed by atoms with Crippen LogP contribution in [0.3, 0.4) is 0 Å². The first-order valence-electron chi connectivity index (χ1n) is 5.51. The topological polar surface area (TPSA) is 79.5 Å². The number of rotatable bonds is 4. The van der Waals surface area contributed by atoms with Crippen molar-refractivity contribution in [1.29, 1.82) is 0 Å². The summed E-state index contributed by atoms with van der Waals surface area (Å²) < 4.78 is 32.2. The van der Waals surface area contributed by atoms with Crippen LogP contribution in [0.15, 0.2) is 38.2 Å². The van der Waals surface area contributed by atoms with Gasteiger partial charge in [0.15, 0.2) is 0 Å². The number of halogens is 2. The van der Waals surface area contributed by atoms with Crippen molar-refractivity contribution in [3.63, 3.8) is 0 Å². The zero-order chi connectivity index (χ0) is 14.9. The molecule has 0 bridgehead atoms. The minimum absolute atomic E-state index is 0.173. The summed E-state index contributed by atoms with van der Waals surface area (Å²) in [7, 11) is -3.87. The van der Waals surface area contributed by atoms with E-state index in [1.165, 1.54) is 18.2 Å². The fourth-order valence-electron chi connectivity index (χ4n) is 1.51. The molecule has 0 amide bonds. The second-order valence-corrected chi connectivity index (χ2v) is 6.94. The number of anilines is 1. The van der Waals surface area contributed by atoms with E-state index >= 15 is 0 Å². The van der Waals surface area contributed by atoms with Crippen molar-refractivity contribution in [3.8, 4) is 0 Å². The Labute approximate surface area is 129 Å². The summed E-state index contributed by atoms with van der Waals surface area (Å²) in [6, 6.07) is 5.89. The molecule has 1 aromatic carbocycles. The molecule has 0 saturated heterocycles. The average molecular weight is 381 g/mol. The largest absolute Gasteiger partial charge is 0.445 e. The van der Waals surface area contributed by atoms with Crippen molar-refractivity contribution in [2.45, 2.75) is 18.6 Å². The zero-order valence-electron chi connectivity index (χ0n) is 10.4. The first-order chi connectivity index (χ1) is 9.33. The summed E-state index contributed by atoms with van der Waals surface area (Å²) in [6.45, 7) is 1.45. The molecule has 0 fully saturated rings. The first-order valence-corrected chi connectivity index (χ1v) is 8.17. The van der Waals surface area contributed by atoms with Crippen molar-refractivity contribution in [2.24, 2.45) is 0 Å². The van der Waals surface area contributed by atoms with E-state index in [-0.39, 0.29) is 17.5 Å². The van der Waals surface area contributed by atoms with Gasteiger partial charge in [-0.25, -0.2) is 0 Å². The number of aliphatic hydroxyl groups excluding tert-OH is 1. The Morgan fingerprint density at radius 2 is 2.10 bits per heavy atom. The van der Waals surface area contributed by atoms with E-state index in [9.17, 15) is 8.42 Å². The van der Waals surface area contributed by atoms with Crippen LogP contribution in [0.25, 0.3) is 0 Å². The summed E-state index contributed by atoms with van der Waals surface area (Å²) >= 11 is 9.24. The van der Waals surface area contributed by atoms with E-state index in [2.05, 4.69) is 20.7 Å². The molecule has 0 aliphatic rings. The molecule has 0 atom stereocenters. The van der Waals surface area contributed by atoms with Gasteiger partial charge in [-0.05, 0) is 52.7 Å². The molecular weight excluding hydrogens is 370 g/mol. The molecule has 5 nitrogen and oxygen atoms in total. The van der Waals surface area contributed by atoms with E-state index in [0.717, 1.165) is 5.56 Å². The quantitative estimate of drug-likeness (QED) is 0.853. The molecule has 2 aromatic rings. The van der Waals surface area contributed by atoms with Crippen LogP contribution in [0.1, 0.15) is 11.3 Å². The smallest absolute Gasteiger partial charge is 0.295 e.